The number of hydrogen-bond donors (Lipinski definition) is 2. The number of hydrogen-bond acceptors (Lipinski definition) is 5. The molecule has 0 aliphatic rings. The summed E-state index contributed by atoms with van der Waals surface area (Å²) < 4.78 is 0. The van der Waals surface area contributed by atoms with Gasteiger partial charge in [0.2, 0.25) is 0 Å². The number of imidazole rings is 1. The van der Waals surface area contributed by atoms with Gasteiger partial charge >= 0.3 is 0 Å². The van der Waals surface area contributed by atoms with E-state index in [1.54, 1.807) is 12.4 Å². The third-order valence-corrected chi connectivity index (χ3v) is 3.06. The van der Waals surface area contributed by atoms with E-state index >= 15 is 0 Å². The SMILES string of the molecule is N#CCc1cccc2[nH]c(-c3nccnc3CN)nc12. The van der Waals surface area contributed by atoms with Crippen LogP contribution in [0.1, 0.15) is 11.3 Å². The number of para-hydroxylation sites is 1. The van der Waals surface area contributed by atoms with Gasteiger partial charge in [0.05, 0.1) is 29.2 Å². The maximum atomic E-state index is 8.86. The topological polar surface area (TPSA) is 104 Å². The number of aromatic nitrogens is 4. The molecule has 3 N–H and O–H groups in total. The first-order chi connectivity index (χ1) is 9.83. The number of fused-ring (bicyclic) bond motifs is 1. The summed E-state index contributed by atoms with van der Waals surface area (Å²) in [5, 5.41) is 8.86. The summed E-state index contributed by atoms with van der Waals surface area (Å²) in [5.41, 5.74) is 9.57. The molecule has 98 valence electrons. The first-order valence-electron chi connectivity index (χ1n) is 6.18. The molecule has 2 aromatic heterocycles. The van der Waals surface area contributed by atoms with Crippen molar-refractivity contribution in [3.63, 3.8) is 0 Å². The van der Waals surface area contributed by atoms with Crippen LogP contribution in [0.3, 0.4) is 0 Å². The summed E-state index contributed by atoms with van der Waals surface area (Å²) in [7, 11) is 0. The highest BCUT2D eigenvalue weighted by Crippen LogP contribution is 2.23. The Labute approximate surface area is 115 Å². The smallest absolute Gasteiger partial charge is 0.159 e. The summed E-state index contributed by atoms with van der Waals surface area (Å²) in [6.45, 7) is 0.297. The molecule has 2 heterocycles. The minimum absolute atomic E-state index is 0.297. The number of H-pyrrole nitrogens is 1. The summed E-state index contributed by atoms with van der Waals surface area (Å²) in [6, 6.07) is 7.87. The van der Waals surface area contributed by atoms with Crippen molar-refractivity contribution in [1.29, 1.82) is 5.26 Å². The molecule has 0 saturated carbocycles. The van der Waals surface area contributed by atoms with Crippen LogP contribution in [0.15, 0.2) is 30.6 Å². The molecule has 0 fully saturated rings. The van der Waals surface area contributed by atoms with Crippen LogP contribution in [0.5, 0.6) is 0 Å². The summed E-state index contributed by atoms with van der Waals surface area (Å²) >= 11 is 0. The van der Waals surface area contributed by atoms with E-state index in [0.29, 0.717) is 30.2 Å². The molecule has 0 amide bonds. The molecule has 1 aromatic carbocycles. The number of nitrogens with zero attached hydrogens (tertiary/aromatic N) is 4. The van der Waals surface area contributed by atoms with Crippen LogP contribution in [0, 0.1) is 11.3 Å². The van der Waals surface area contributed by atoms with Gasteiger partial charge in [0.25, 0.3) is 0 Å². The van der Waals surface area contributed by atoms with Gasteiger partial charge in [-0.15, -0.1) is 0 Å². The Morgan fingerprint density at radius 1 is 1.25 bits per heavy atom. The first kappa shape index (κ1) is 12.3. The molecule has 0 aliphatic heterocycles. The quantitative estimate of drug-likeness (QED) is 0.746. The van der Waals surface area contributed by atoms with Crippen LogP contribution in [0.25, 0.3) is 22.6 Å². The van der Waals surface area contributed by atoms with Gasteiger partial charge in [0, 0.05) is 18.9 Å². The standard InChI is InChI=1S/C14H12N6/c15-5-4-9-2-1-3-10-12(9)20-14(19-10)13-11(8-16)17-6-7-18-13/h1-3,6-7H,4,8,16H2,(H,19,20). The van der Waals surface area contributed by atoms with E-state index < -0.39 is 0 Å². The Kier molecular flexibility index (Phi) is 3.11. The maximum absolute atomic E-state index is 8.86. The Morgan fingerprint density at radius 2 is 2.10 bits per heavy atom. The summed E-state index contributed by atoms with van der Waals surface area (Å²) in [5.74, 6) is 0.624. The molecule has 0 atom stereocenters. The van der Waals surface area contributed by atoms with Gasteiger partial charge in [-0.2, -0.15) is 5.26 Å². The number of nitriles is 1. The fourth-order valence-corrected chi connectivity index (χ4v) is 2.15. The van der Waals surface area contributed by atoms with E-state index in [1.165, 1.54) is 0 Å². The molecule has 0 radical (unpaired) electrons. The fourth-order valence-electron chi connectivity index (χ4n) is 2.15. The number of rotatable bonds is 3. The van der Waals surface area contributed by atoms with Crippen LogP contribution in [-0.2, 0) is 13.0 Å². The van der Waals surface area contributed by atoms with Gasteiger partial charge in [-0.1, -0.05) is 12.1 Å². The van der Waals surface area contributed by atoms with E-state index in [2.05, 4.69) is 26.0 Å². The second-order valence-electron chi connectivity index (χ2n) is 4.29. The zero-order valence-corrected chi connectivity index (χ0v) is 10.7. The van der Waals surface area contributed by atoms with Crippen LogP contribution in [0.2, 0.25) is 0 Å². The van der Waals surface area contributed by atoms with Gasteiger partial charge in [0.1, 0.15) is 5.69 Å². The van der Waals surface area contributed by atoms with Crippen LogP contribution >= 0.6 is 0 Å². The lowest BCUT2D eigenvalue weighted by atomic mass is 10.1. The van der Waals surface area contributed by atoms with Gasteiger partial charge < -0.3 is 10.7 Å². The van der Waals surface area contributed by atoms with Crippen molar-refractivity contribution in [3.8, 4) is 17.6 Å². The number of nitrogens with two attached hydrogens (primary N) is 1. The molecule has 3 rings (SSSR count). The highest BCUT2D eigenvalue weighted by molar-refractivity contribution is 5.82. The molecule has 3 aromatic rings. The zero-order valence-electron chi connectivity index (χ0n) is 10.7. The number of nitrogens with one attached hydrogen (secondary N) is 1. The van der Waals surface area contributed by atoms with E-state index in [1.807, 2.05) is 18.2 Å². The average Bonchev–Trinajstić information content (AvgIpc) is 2.92. The fraction of sp³-hybridized carbons (Fsp3) is 0.143. The molecule has 0 bridgehead atoms. The van der Waals surface area contributed by atoms with E-state index in [-0.39, 0.29) is 0 Å². The van der Waals surface area contributed by atoms with Crippen molar-refractivity contribution >= 4 is 11.0 Å². The Morgan fingerprint density at radius 3 is 2.90 bits per heavy atom. The normalized spacial score (nSPS) is 10.6. The van der Waals surface area contributed by atoms with Gasteiger partial charge in [-0.3, -0.25) is 4.98 Å². The van der Waals surface area contributed by atoms with E-state index in [0.717, 1.165) is 16.6 Å². The van der Waals surface area contributed by atoms with Crippen LogP contribution in [-0.4, -0.2) is 19.9 Å². The molecule has 0 unspecified atom stereocenters. The lowest BCUT2D eigenvalue weighted by Gasteiger charge is -2.01. The minimum atomic E-state index is 0.297. The van der Waals surface area contributed by atoms with Crippen LogP contribution in [0.4, 0.5) is 0 Å². The lowest BCUT2D eigenvalue weighted by molar-refractivity contribution is 0.961. The molecular formula is C14H12N6. The Hall–Kier alpha value is -2.78. The molecule has 0 saturated heterocycles. The Balaban J connectivity index is 2.19. The third-order valence-electron chi connectivity index (χ3n) is 3.06. The van der Waals surface area contributed by atoms with E-state index in [9.17, 15) is 0 Å². The Bertz CT molecular complexity index is 799. The maximum Gasteiger partial charge on any atom is 0.159 e. The number of benzene rings is 1. The van der Waals surface area contributed by atoms with Crippen molar-refractivity contribution in [1.82, 2.24) is 19.9 Å². The average molecular weight is 264 g/mol. The van der Waals surface area contributed by atoms with Crippen molar-refractivity contribution in [2.45, 2.75) is 13.0 Å². The summed E-state index contributed by atoms with van der Waals surface area (Å²) in [6.07, 6.45) is 3.54. The molecule has 0 spiro atoms. The number of aromatic amines is 1. The second kappa shape index (κ2) is 5.07. The predicted molar refractivity (Wildman–Crippen MR) is 74.3 cm³/mol. The highest BCUT2D eigenvalue weighted by Gasteiger charge is 2.13. The van der Waals surface area contributed by atoms with Crippen molar-refractivity contribution in [2.75, 3.05) is 0 Å². The van der Waals surface area contributed by atoms with Gasteiger partial charge in [0.15, 0.2) is 5.82 Å². The van der Waals surface area contributed by atoms with Crippen molar-refractivity contribution in [3.05, 3.63) is 41.9 Å². The highest BCUT2D eigenvalue weighted by atomic mass is 15.0. The molecule has 20 heavy (non-hydrogen) atoms. The first-order valence-corrected chi connectivity index (χ1v) is 6.18. The predicted octanol–water partition coefficient (Wildman–Crippen LogP) is 1.54. The van der Waals surface area contributed by atoms with Crippen molar-refractivity contribution < 1.29 is 0 Å². The second-order valence-corrected chi connectivity index (χ2v) is 4.29. The van der Waals surface area contributed by atoms with Gasteiger partial charge in [-0.25, -0.2) is 9.97 Å². The van der Waals surface area contributed by atoms with E-state index in [4.69, 9.17) is 11.0 Å². The third kappa shape index (κ3) is 2.00. The monoisotopic (exact) mass is 264 g/mol. The molecule has 6 nitrogen and oxygen atoms in total. The molecule has 6 heteroatoms. The largest absolute Gasteiger partial charge is 0.337 e. The van der Waals surface area contributed by atoms with Crippen LogP contribution < -0.4 is 5.73 Å². The minimum Gasteiger partial charge on any atom is -0.337 e. The molecule has 0 aliphatic carbocycles. The van der Waals surface area contributed by atoms with Crippen molar-refractivity contribution in [2.24, 2.45) is 5.73 Å². The molecular weight excluding hydrogens is 252 g/mol. The van der Waals surface area contributed by atoms with Gasteiger partial charge in [-0.05, 0) is 11.6 Å². The lowest BCUT2D eigenvalue weighted by Crippen LogP contribution is -2.04. The zero-order chi connectivity index (χ0) is 13.9. The summed E-state index contributed by atoms with van der Waals surface area (Å²) in [4.78, 5) is 16.2.